The van der Waals surface area contributed by atoms with Gasteiger partial charge in [-0.1, -0.05) is 0 Å². The number of aromatic nitrogens is 3. The molecule has 0 N–H and O–H groups in total. The lowest BCUT2D eigenvalue weighted by Crippen LogP contribution is -2.20. The minimum Gasteiger partial charge on any atom is -0.358 e. The molecule has 3 rings (SSSR count). The number of anilines is 1. The van der Waals surface area contributed by atoms with E-state index in [1.807, 2.05) is 13.1 Å². The summed E-state index contributed by atoms with van der Waals surface area (Å²) in [4.78, 5) is 11.0. The number of hydrogen-bond acceptors (Lipinski definition) is 3. The Morgan fingerprint density at radius 2 is 2.07 bits per heavy atom. The van der Waals surface area contributed by atoms with E-state index in [9.17, 15) is 0 Å². The SMILES string of the molecule is Cc1cn2c(N3CCCC3)ccnc2n1. The Balaban J connectivity index is 2.16. The summed E-state index contributed by atoms with van der Waals surface area (Å²) in [6, 6.07) is 2.07. The molecule has 1 aliphatic rings. The van der Waals surface area contributed by atoms with Gasteiger partial charge in [-0.3, -0.25) is 4.40 Å². The highest BCUT2D eigenvalue weighted by atomic mass is 15.3. The fourth-order valence-corrected chi connectivity index (χ4v) is 2.20. The maximum absolute atomic E-state index is 4.37. The molecule has 0 bridgehead atoms. The van der Waals surface area contributed by atoms with E-state index in [4.69, 9.17) is 0 Å². The maximum Gasteiger partial charge on any atom is 0.235 e. The molecule has 78 valence electrons. The first-order chi connectivity index (χ1) is 7.34. The standard InChI is InChI=1S/C11H14N4/c1-9-8-15-10(14-6-2-3-7-14)4-5-12-11(15)13-9/h4-5,8H,2-3,6-7H2,1H3. The van der Waals surface area contributed by atoms with Gasteiger partial charge in [-0.2, -0.15) is 0 Å². The zero-order valence-corrected chi connectivity index (χ0v) is 8.85. The number of rotatable bonds is 1. The van der Waals surface area contributed by atoms with Crippen LogP contribution in [-0.4, -0.2) is 27.5 Å². The van der Waals surface area contributed by atoms with E-state index in [-0.39, 0.29) is 0 Å². The topological polar surface area (TPSA) is 33.4 Å². The lowest BCUT2D eigenvalue weighted by Gasteiger charge is -2.18. The number of hydrogen-bond donors (Lipinski definition) is 0. The molecule has 0 aliphatic carbocycles. The minimum atomic E-state index is 0.803. The predicted molar refractivity (Wildman–Crippen MR) is 59.2 cm³/mol. The molecule has 0 atom stereocenters. The average molecular weight is 202 g/mol. The second-order valence-corrected chi connectivity index (χ2v) is 4.05. The minimum absolute atomic E-state index is 0.803. The Kier molecular flexibility index (Phi) is 1.87. The van der Waals surface area contributed by atoms with Crippen molar-refractivity contribution in [2.45, 2.75) is 19.8 Å². The second kappa shape index (κ2) is 3.22. The number of aryl methyl sites for hydroxylation is 1. The highest BCUT2D eigenvalue weighted by Gasteiger charge is 2.15. The predicted octanol–water partition coefficient (Wildman–Crippen LogP) is 1.64. The van der Waals surface area contributed by atoms with Crippen molar-refractivity contribution in [2.75, 3.05) is 18.0 Å². The zero-order chi connectivity index (χ0) is 10.3. The summed E-state index contributed by atoms with van der Waals surface area (Å²) in [6.07, 6.45) is 6.47. The molecule has 0 aromatic carbocycles. The number of imidazole rings is 1. The van der Waals surface area contributed by atoms with E-state index in [1.54, 1.807) is 0 Å². The molecule has 2 aromatic rings. The molecule has 4 heteroatoms. The lowest BCUT2D eigenvalue weighted by atomic mass is 10.4. The molecular formula is C11H14N4. The van der Waals surface area contributed by atoms with E-state index < -0.39 is 0 Å². The smallest absolute Gasteiger partial charge is 0.235 e. The van der Waals surface area contributed by atoms with E-state index in [0.29, 0.717) is 0 Å². The van der Waals surface area contributed by atoms with Gasteiger partial charge in [0.15, 0.2) is 0 Å². The Bertz CT molecular complexity index is 482. The highest BCUT2D eigenvalue weighted by Crippen LogP contribution is 2.20. The fraction of sp³-hybridized carbons (Fsp3) is 0.455. The molecule has 15 heavy (non-hydrogen) atoms. The van der Waals surface area contributed by atoms with Crippen LogP contribution in [0.15, 0.2) is 18.5 Å². The first kappa shape index (κ1) is 8.71. The van der Waals surface area contributed by atoms with Gasteiger partial charge in [-0.25, -0.2) is 9.97 Å². The molecule has 1 fully saturated rings. The third kappa shape index (κ3) is 1.37. The van der Waals surface area contributed by atoms with E-state index >= 15 is 0 Å². The van der Waals surface area contributed by atoms with Crippen molar-refractivity contribution < 1.29 is 0 Å². The van der Waals surface area contributed by atoms with Crippen molar-refractivity contribution in [1.29, 1.82) is 0 Å². The Labute approximate surface area is 88.6 Å². The van der Waals surface area contributed by atoms with Crippen LogP contribution >= 0.6 is 0 Å². The molecular weight excluding hydrogens is 188 g/mol. The highest BCUT2D eigenvalue weighted by molar-refractivity contribution is 5.48. The van der Waals surface area contributed by atoms with E-state index in [2.05, 4.69) is 31.5 Å². The molecule has 1 aliphatic heterocycles. The van der Waals surface area contributed by atoms with Crippen molar-refractivity contribution in [1.82, 2.24) is 14.4 Å². The van der Waals surface area contributed by atoms with E-state index in [0.717, 1.165) is 24.6 Å². The quantitative estimate of drug-likeness (QED) is 0.705. The summed E-state index contributed by atoms with van der Waals surface area (Å²) in [5, 5.41) is 0. The van der Waals surface area contributed by atoms with Crippen LogP contribution in [0.5, 0.6) is 0 Å². The molecule has 4 nitrogen and oxygen atoms in total. The third-order valence-corrected chi connectivity index (χ3v) is 2.90. The number of nitrogens with zero attached hydrogens (tertiary/aromatic N) is 4. The van der Waals surface area contributed by atoms with Crippen LogP contribution < -0.4 is 4.90 Å². The van der Waals surface area contributed by atoms with Crippen LogP contribution in [0.4, 0.5) is 5.82 Å². The van der Waals surface area contributed by atoms with E-state index in [1.165, 1.54) is 18.7 Å². The summed E-state index contributed by atoms with van der Waals surface area (Å²) in [5.41, 5.74) is 1.02. The van der Waals surface area contributed by atoms with Crippen LogP contribution in [-0.2, 0) is 0 Å². The summed E-state index contributed by atoms with van der Waals surface area (Å²) in [5.74, 6) is 2.02. The van der Waals surface area contributed by atoms with Gasteiger partial charge in [0.05, 0.1) is 5.69 Å². The molecule has 0 unspecified atom stereocenters. The molecule has 2 aromatic heterocycles. The number of fused-ring (bicyclic) bond motifs is 1. The monoisotopic (exact) mass is 202 g/mol. The van der Waals surface area contributed by atoms with Gasteiger partial charge < -0.3 is 4.90 Å². The first-order valence-electron chi connectivity index (χ1n) is 5.40. The molecule has 0 saturated carbocycles. The Hall–Kier alpha value is -1.58. The van der Waals surface area contributed by atoms with Crippen molar-refractivity contribution in [3.8, 4) is 0 Å². The molecule has 3 heterocycles. The Morgan fingerprint density at radius 3 is 2.87 bits per heavy atom. The van der Waals surface area contributed by atoms with Gasteiger partial charge in [-0.15, -0.1) is 0 Å². The summed E-state index contributed by atoms with van der Waals surface area (Å²) >= 11 is 0. The molecule has 0 radical (unpaired) electrons. The van der Waals surface area contributed by atoms with Gasteiger partial charge in [0.2, 0.25) is 5.78 Å². The normalized spacial score (nSPS) is 16.5. The molecule has 1 saturated heterocycles. The van der Waals surface area contributed by atoms with Crippen molar-refractivity contribution in [3.05, 3.63) is 24.2 Å². The molecule has 0 spiro atoms. The lowest BCUT2D eigenvalue weighted by molar-refractivity contribution is 0.908. The van der Waals surface area contributed by atoms with Gasteiger partial charge >= 0.3 is 0 Å². The summed E-state index contributed by atoms with van der Waals surface area (Å²) in [6.45, 7) is 4.30. The summed E-state index contributed by atoms with van der Waals surface area (Å²) < 4.78 is 2.08. The molecule has 0 amide bonds. The second-order valence-electron chi connectivity index (χ2n) is 4.05. The third-order valence-electron chi connectivity index (χ3n) is 2.90. The largest absolute Gasteiger partial charge is 0.358 e. The van der Waals surface area contributed by atoms with Gasteiger partial charge in [-0.05, 0) is 25.8 Å². The van der Waals surface area contributed by atoms with Crippen LogP contribution in [0.3, 0.4) is 0 Å². The van der Waals surface area contributed by atoms with Crippen molar-refractivity contribution in [2.24, 2.45) is 0 Å². The van der Waals surface area contributed by atoms with Crippen LogP contribution in [0.2, 0.25) is 0 Å². The van der Waals surface area contributed by atoms with Gasteiger partial charge in [0.25, 0.3) is 0 Å². The fourth-order valence-electron chi connectivity index (χ4n) is 2.20. The Morgan fingerprint density at radius 1 is 1.27 bits per heavy atom. The zero-order valence-electron chi connectivity index (χ0n) is 8.85. The van der Waals surface area contributed by atoms with Crippen LogP contribution in [0.1, 0.15) is 18.5 Å². The maximum atomic E-state index is 4.37. The van der Waals surface area contributed by atoms with Crippen LogP contribution in [0, 0.1) is 6.92 Å². The average Bonchev–Trinajstić information content (AvgIpc) is 2.82. The van der Waals surface area contributed by atoms with Crippen molar-refractivity contribution in [3.63, 3.8) is 0 Å². The van der Waals surface area contributed by atoms with Crippen LogP contribution in [0.25, 0.3) is 5.78 Å². The van der Waals surface area contributed by atoms with Gasteiger partial charge in [0, 0.05) is 25.5 Å². The first-order valence-corrected chi connectivity index (χ1v) is 5.40. The van der Waals surface area contributed by atoms with Crippen molar-refractivity contribution >= 4 is 11.6 Å². The summed E-state index contributed by atoms with van der Waals surface area (Å²) in [7, 11) is 0. The van der Waals surface area contributed by atoms with Gasteiger partial charge in [0.1, 0.15) is 5.82 Å².